The molecule has 0 aliphatic carbocycles. The van der Waals surface area contributed by atoms with E-state index in [9.17, 15) is 27.6 Å². The molecule has 6 bridgehead atoms. The van der Waals surface area contributed by atoms with Crippen molar-refractivity contribution in [3.05, 3.63) is 71.7 Å². The van der Waals surface area contributed by atoms with Crippen molar-refractivity contribution in [3.8, 4) is 22.5 Å². The molecule has 4 atom stereocenters. The summed E-state index contributed by atoms with van der Waals surface area (Å²) in [6.45, 7) is 8.40. The summed E-state index contributed by atoms with van der Waals surface area (Å²) in [5.41, 5.74) is 6.31. The molecule has 3 aromatic heterocycles. The molecule has 0 spiro atoms. The lowest BCUT2D eigenvalue weighted by Crippen LogP contribution is -2.61. The van der Waals surface area contributed by atoms with E-state index in [1.165, 1.54) is 16.7 Å². The van der Waals surface area contributed by atoms with Gasteiger partial charge in [-0.15, -0.1) is 0 Å². The zero-order chi connectivity index (χ0) is 41.2. The average molecular weight is 792 g/mol. The van der Waals surface area contributed by atoms with Crippen LogP contribution in [0.4, 0.5) is 13.2 Å². The number of amides is 2. The Kier molecular flexibility index (Phi) is 12.4. The number of methoxy groups -OCH3 is 1. The third kappa shape index (κ3) is 9.31. The fraction of sp³-hybridized carbons (Fsp3) is 0.500. The molecule has 2 aliphatic rings. The van der Waals surface area contributed by atoms with Gasteiger partial charge in [0, 0.05) is 59.4 Å². The Morgan fingerprint density at radius 1 is 1.12 bits per heavy atom. The number of ether oxygens (including phenoxy) is 2. The van der Waals surface area contributed by atoms with Crippen molar-refractivity contribution >= 4 is 28.7 Å². The molecule has 3 N–H and O–H groups in total. The van der Waals surface area contributed by atoms with E-state index in [4.69, 9.17) is 14.5 Å². The minimum Gasteiger partial charge on any atom is -0.464 e. The van der Waals surface area contributed by atoms with Gasteiger partial charge < -0.3 is 24.7 Å². The van der Waals surface area contributed by atoms with E-state index < -0.39 is 54.2 Å². The smallest absolute Gasteiger partial charge is 0.406 e. The van der Waals surface area contributed by atoms with Crippen molar-refractivity contribution in [1.82, 2.24) is 35.6 Å². The quantitative estimate of drug-likeness (QED) is 0.186. The van der Waals surface area contributed by atoms with Crippen LogP contribution < -0.4 is 16.1 Å². The van der Waals surface area contributed by atoms with Crippen LogP contribution in [0.5, 0.6) is 0 Å². The van der Waals surface area contributed by atoms with E-state index in [2.05, 4.69) is 21.0 Å². The third-order valence-corrected chi connectivity index (χ3v) is 10.7. The second-order valence-electron chi connectivity index (χ2n) is 16.1. The van der Waals surface area contributed by atoms with Crippen LogP contribution in [0, 0.1) is 11.3 Å². The molecule has 12 nitrogen and oxygen atoms in total. The average Bonchev–Trinajstić information content (AvgIpc) is 3.45. The van der Waals surface area contributed by atoms with Gasteiger partial charge in [-0.25, -0.2) is 5.43 Å². The van der Waals surface area contributed by atoms with Crippen LogP contribution in [0.2, 0.25) is 0 Å². The second kappa shape index (κ2) is 16.9. The molecule has 0 unspecified atom stereocenters. The van der Waals surface area contributed by atoms with Crippen LogP contribution in [0.3, 0.4) is 0 Å². The molecule has 15 heteroatoms. The topological polar surface area (TPSA) is 140 Å². The number of hydrogen-bond acceptors (Lipinski definition) is 9. The number of aromatic nitrogens is 3. The maximum atomic E-state index is 14.5. The van der Waals surface area contributed by atoms with Gasteiger partial charge in [0.05, 0.1) is 35.8 Å². The first kappa shape index (κ1) is 41.8. The Hall–Kier alpha value is -4.86. The van der Waals surface area contributed by atoms with E-state index in [0.717, 1.165) is 0 Å². The fourth-order valence-corrected chi connectivity index (χ4v) is 7.86. The van der Waals surface area contributed by atoms with E-state index in [-0.39, 0.29) is 31.3 Å². The molecule has 306 valence electrons. The van der Waals surface area contributed by atoms with Crippen molar-refractivity contribution in [2.24, 2.45) is 11.3 Å². The number of carbonyl (C=O) groups is 3. The van der Waals surface area contributed by atoms with E-state index in [1.807, 2.05) is 33.8 Å². The molecule has 1 saturated heterocycles. The molecule has 0 radical (unpaired) electrons. The first-order valence-electron chi connectivity index (χ1n) is 19.4. The van der Waals surface area contributed by atoms with Crippen LogP contribution in [0.25, 0.3) is 33.4 Å². The number of nitrogens with zero attached hydrogens (tertiary/aromatic N) is 4. The summed E-state index contributed by atoms with van der Waals surface area (Å²) >= 11 is 0. The van der Waals surface area contributed by atoms with E-state index in [1.54, 1.807) is 62.6 Å². The monoisotopic (exact) mass is 791 g/mol. The Bertz CT molecular complexity index is 2120. The summed E-state index contributed by atoms with van der Waals surface area (Å²) in [6.07, 6.45) is -2.30. The summed E-state index contributed by atoms with van der Waals surface area (Å²) in [5.74, 6) is -1.40. The molecule has 6 rings (SSSR count). The highest BCUT2D eigenvalue weighted by Crippen LogP contribution is 2.43. The van der Waals surface area contributed by atoms with Crippen LogP contribution in [0.1, 0.15) is 70.5 Å². The first-order chi connectivity index (χ1) is 27.0. The lowest BCUT2D eigenvalue weighted by Gasteiger charge is -2.36. The van der Waals surface area contributed by atoms with Crippen molar-refractivity contribution in [3.63, 3.8) is 0 Å². The number of cyclic esters (lactones) is 1. The number of esters is 1. The highest BCUT2D eigenvalue weighted by molar-refractivity contribution is 5.95. The summed E-state index contributed by atoms with van der Waals surface area (Å²) < 4.78 is 56.5. The molecule has 2 aliphatic heterocycles. The molecular weight excluding hydrogens is 739 g/mol. The number of rotatable bonds is 8. The third-order valence-electron chi connectivity index (χ3n) is 10.7. The number of hydrazine groups is 1. The molecule has 5 heterocycles. The van der Waals surface area contributed by atoms with Crippen LogP contribution >= 0.6 is 0 Å². The van der Waals surface area contributed by atoms with Crippen LogP contribution in [0.15, 0.2) is 54.7 Å². The maximum absolute atomic E-state index is 14.5. The zero-order valence-corrected chi connectivity index (χ0v) is 33.5. The number of likely N-dealkylation sites (N-methyl/N-ethyl adjacent to an activating group) is 1. The predicted molar refractivity (Wildman–Crippen MR) is 210 cm³/mol. The number of carbonyl (C=O) groups excluding carboxylic acids is 3. The summed E-state index contributed by atoms with van der Waals surface area (Å²) in [5, 5.41) is 7.92. The number of alkyl halides is 3. The molecule has 0 saturated carbocycles. The van der Waals surface area contributed by atoms with E-state index in [0.29, 0.717) is 69.8 Å². The Balaban J connectivity index is 1.56. The number of pyridine rings is 2. The number of hydrogen-bond donors (Lipinski definition) is 3. The highest BCUT2D eigenvalue weighted by Gasteiger charge is 2.37. The summed E-state index contributed by atoms with van der Waals surface area (Å²) in [6, 6.07) is 11.7. The lowest BCUT2D eigenvalue weighted by molar-refractivity contribution is -0.155. The lowest BCUT2D eigenvalue weighted by atomic mass is 9.84. The van der Waals surface area contributed by atoms with Gasteiger partial charge in [0.15, 0.2) is 0 Å². The summed E-state index contributed by atoms with van der Waals surface area (Å²) in [4.78, 5) is 50.9. The predicted octanol–water partition coefficient (Wildman–Crippen LogP) is 5.93. The number of fused-ring (bicyclic) bond motifs is 6. The number of nitrogens with one attached hydrogen (secondary N) is 3. The van der Waals surface area contributed by atoms with Crippen LogP contribution in [-0.4, -0.2) is 88.9 Å². The molecular formula is C42H52F3N7O5. The van der Waals surface area contributed by atoms with Crippen molar-refractivity contribution in [2.75, 3.05) is 27.3 Å². The maximum Gasteiger partial charge on any atom is 0.406 e. The van der Waals surface area contributed by atoms with Crippen molar-refractivity contribution in [1.29, 1.82) is 0 Å². The van der Waals surface area contributed by atoms with Crippen molar-refractivity contribution < 1.29 is 37.0 Å². The minimum atomic E-state index is -4.56. The normalized spacial score (nSPS) is 20.2. The van der Waals surface area contributed by atoms with Gasteiger partial charge in [-0.1, -0.05) is 39.8 Å². The molecule has 1 fully saturated rings. The molecule has 57 heavy (non-hydrogen) atoms. The Morgan fingerprint density at radius 3 is 2.60 bits per heavy atom. The fourth-order valence-electron chi connectivity index (χ4n) is 7.86. The standard InChI is InChI=1S/C42H52F3N7O5/c1-24(2)35(46-6)38(53)49-33-20-27-11-8-13-31(48-27)26-15-16-34-29(19-26)30(21-41(4,5)23-57-40(55)32-14-10-18-52(50-32)39(33)54)37(51(34)22-42(43,44)45)28-12-9-17-47-36(28)25(3)56-7/h8-9,11-13,15-17,19,24-25,32-33,35,46,50H,10,14,18,20-23H2,1-7H3,(H,49,53)/t25-,32-,33-,35-/m0/s1. The second-order valence-corrected chi connectivity index (χ2v) is 16.1. The molecule has 4 aromatic rings. The molecule has 1 aromatic carbocycles. The van der Waals surface area contributed by atoms with Gasteiger partial charge >= 0.3 is 12.1 Å². The van der Waals surface area contributed by atoms with Crippen LogP contribution in [-0.2, 0) is 43.2 Å². The first-order valence-corrected chi connectivity index (χ1v) is 19.4. The number of benzene rings is 1. The van der Waals surface area contributed by atoms with Crippen molar-refractivity contribution in [2.45, 2.75) is 97.3 Å². The molecule has 2 amide bonds. The highest BCUT2D eigenvalue weighted by atomic mass is 19.4. The van der Waals surface area contributed by atoms with Gasteiger partial charge in [0.1, 0.15) is 18.6 Å². The van der Waals surface area contributed by atoms with Gasteiger partial charge in [-0.3, -0.25) is 29.4 Å². The Labute approximate surface area is 330 Å². The number of halogens is 3. The van der Waals surface area contributed by atoms with Gasteiger partial charge in [-0.2, -0.15) is 13.2 Å². The minimum absolute atomic E-state index is 0.0372. The Morgan fingerprint density at radius 2 is 1.89 bits per heavy atom. The SMILES string of the molecule is CN[C@H](C(=O)N[C@H]1Cc2cccc(n2)-c2ccc3c(c2)c(c(-c2cccnc2[C@H](C)OC)n3CC(F)(F)F)CC(C)(C)COC(=O)[C@@H]2CCCN(N2)C1=O)C(C)C. The zero-order valence-electron chi connectivity index (χ0n) is 33.5. The largest absolute Gasteiger partial charge is 0.464 e. The van der Waals surface area contributed by atoms with E-state index >= 15 is 0 Å². The van der Waals surface area contributed by atoms with Gasteiger partial charge in [-0.05, 0) is 81.1 Å². The van der Waals surface area contributed by atoms with Gasteiger partial charge in [0.25, 0.3) is 5.91 Å². The summed E-state index contributed by atoms with van der Waals surface area (Å²) in [7, 11) is 3.21. The van der Waals surface area contributed by atoms with Gasteiger partial charge in [0.2, 0.25) is 5.91 Å².